The Morgan fingerprint density at radius 3 is 2.04 bits per heavy atom. The average Bonchev–Trinajstić information content (AvgIpc) is 2.46. The summed E-state index contributed by atoms with van der Waals surface area (Å²) in [7, 11) is 0. The van der Waals surface area contributed by atoms with Crippen molar-refractivity contribution in [3.63, 3.8) is 0 Å². The van der Waals surface area contributed by atoms with Crippen LogP contribution >= 0.6 is 0 Å². The molecule has 0 unspecified atom stereocenters. The first-order valence-corrected chi connectivity index (χ1v) is 6.69. The van der Waals surface area contributed by atoms with Gasteiger partial charge in [-0.2, -0.15) is 13.2 Å². The minimum Gasteiger partial charge on any atom is -1.00 e. The maximum Gasteiger partial charge on any atom is 1.00 e. The van der Waals surface area contributed by atoms with Gasteiger partial charge in [-0.25, -0.2) is 0 Å². The van der Waals surface area contributed by atoms with Gasteiger partial charge in [0.25, 0.3) is 0 Å². The molecule has 1 amide bonds. The number of amides is 1. The zero-order chi connectivity index (χ0) is 16.3. The molecule has 1 aromatic rings. The van der Waals surface area contributed by atoms with E-state index in [0.717, 1.165) is 12.1 Å². The van der Waals surface area contributed by atoms with E-state index < -0.39 is 30.0 Å². The van der Waals surface area contributed by atoms with Crippen LogP contribution in [0.4, 0.5) is 18.9 Å². The predicted octanol–water partition coefficient (Wildman–Crippen LogP) is -1.05. The van der Waals surface area contributed by atoms with Crippen LogP contribution in [0.5, 0.6) is 0 Å². The van der Waals surface area contributed by atoms with Crippen molar-refractivity contribution in [1.82, 2.24) is 4.90 Å². The fourth-order valence-corrected chi connectivity index (χ4v) is 2.32. The van der Waals surface area contributed by atoms with Crippen LogP contribution in [0.1, 0.15) is 13.4 Å². The number of carboxylic acid groups (broad SMARTS) is 1. The molecule has 0 aliphatic carbocycles. The molecule has 1 aliphatic rings. The summed E-state index contributed by atoms with van der Waals surface area (Å²) in [6.45, 7) is 1.62. The molecule has 2 rings (SSSR count). The summed E-state index contributed by atoms with van der Waals surface area (Å²) in [5.74, 6) is -1.62. The number of rotatable bonds is 3. The predicted molar refractivity (Wildman–Crippen MR) is 73.6 cm³/mol. The molecule has 23 heavy (non-hydrogen) atoms. The minimum atomic E-state index is -4.36. The molecule has 0 spiro atoms. The molecule has 0 saturated carbocycles. The van der Waals surface area contributed by atoms with Gasteiger partial charge in [-0.3, -0.25) is 9.59 Å². The summed E-state index contributed by atoms with van der Waals surface area (Å²) in [6.07, 6.45) is -4.90. The van der Waals surface area contributed by atoms with Gasteiger partial charge in [-0.15, -0.1) is 0 Å². The van der Waals surface area contributed by atoms with Crippen LogP contribution in [-0.2, 0) is 15.8 Å². The quantitative estimate of drug-likeness (QED) is 0.569. The number of hydrogen-bond donors (Lipinski definition) is 1. The standard InChI is InChI=1S/C14H15F3N2O3.Li.H/c15-14(16,17)10-1-3-11(4-2-10)18-5-7-19(8-6-18)12(20)9-13(21)22;;/h1-4H,5-9H2,(H,21,22);;/q;+1;-1. The van der Waals surface area contributed by atoms with Crippen molar-refractivity contribution < 1.29 is 48.2 Å². The normalized spacial score (nSPS) is 15.1. The Labute approximate surface area is 144 Å². The minimum absolute atomic E-state index is 0. The van der Waals surface area contributed by atoms with E-state index >= 15 is 0 Å². The van der Waals surface area contributed by atoms with E-state index in [-0.39, 0.29) is 20.3 Å². The van der Waals surface area contributed by atoms with Gasteiger partial charge in [0.15, 0.2) is 0 Å². The number of aliphatic carboxylic acids is 1. The van der Waals surface area contributed by atoms with Crippen molar-refractivity contribution in [2.75, 3.05) is 31.1 Å². The topological polar surface area (TPSA) is 60.9 Å². The van der Waals surface area contributed by atoms with Crippen molar-refractivity contribution >= 4 is 17.6 Å². The number of hydrogen-bond acceptors (Lipinski definition) is 3. The maximum absolute atomic E-state index is 12.5. The van der Waals surface area contributed by atoms with Crippen LogP contribution in [0.2, 0.25) is 0 Å². The molecule has 0 atom stereocenters. The summed E-state index contributed by atoms with van der Waals surface area (Å²) in [5, 5.41) is 8.59. The SMILES string of the molecule is O=C(O)CC(=O)N1CCN(c2ccc(C(F)(F)F)cc2)CC1.[H-].[Li+]. The average molecular weight is 324 g/mol. The van der Waals surface area contributed by atoms with Gasteiger partial charge in [0, 0.05) is 31.9 Å². The molecule has 1 aliphatic heterocycles. The first kappa shape index (κ1) is 19.4. The van der Waals surface area contributed by atoms with Crippen LogP contribution in [0.3, 0.4) is 0 Å². The number of halogens is 3. The Kier molecular flexibility index (Phi) is 6.54. The summed E-state index contributed by atoms with van der Waals surface area (Å²) in [4.78, 5) is 25.4. The molecule has 1 heterocycles. The van der Waals surface area contributed by atoms with E-state index in [1.807, 2.05) is 4.90 Å². The fraction of sp³-hybridized carbons (Fsp3) is 0.429. The number of piperazine rings is 1. The Morgan fingerprint density at radius 2 is 1.61 bits per heavy atom. The first-order valence-electron chi connectivity index (χ1n) is 6.69. The number of nitrogens with zero attached hydrogens (tertiary/aromatic N) is 2. The van der Waals surface area contributed by atoms with Crippen molar-refractivity contribution in [3.8, 4) is 0 Å². The molecule has 1 saturated heterocycles. The van der Waals surface area contributed by atoms with Crippen LogP contribution in [0, 0.1) is 0 Å². The molecular weight excluding hydrogens is 308 g/mol. The molecule has 0 aromatic heterocycles. The molecule has 0 bridgehead atoms. The number of carbonyl (C=O) groups is 2. The third-order valence-corrected chi connectivity index (χ3v) is 3.49. The third kappa shape index (κ3) is 5.18. The molecule has 1 aromatic carbocycles. The molecule has 1 N–H and O–H groups in total. The number of alkyl halides is 3. The Bertz CT molecular complexity index is 561. The van der Waals surface area contributed by atoms with Crippen molar-refractivity contribution in [2.24, 2.45) is 0 Å². The van der Waals surface area contributed by atoms with Gasteiger partial charge in [0.05, 0.1) is 5.56 Å². The molecular formula is C14H16F3LiN2O3. The van der Waals surface area contributed by atoms with E-state index in [9.17, 15) is 22.8 Å². The van der Waals surface area contributed by atoms with E-state index in [4.69, 9.17) is 5.11 Å². The van der Waals surface area contributed by atoms with E-state index in [0.29, 0.717) is 31.9 Å². The summed E-state index contributed by atoms with van der Waals surface area (Å²) in [6, 6.07) is 4.85. The summed E-state index contributed by atoms with van der Waals surface area (Å²) < 4.78 is 37.5. The smallest absolute Gasteiger partial charge is 1.00 e. The Hall–Kier alpha value is -1.65. The van der Waals surface area contributed by atoms with Gasteiger partial charge in [0.1, 0.15) is 6.42 Å². The second-order valence-electron chi connectivity index (χ2n) is 4.98. The Morgan fingerprint density at radius 1 is 1.09 bits per heavy atom. The first-order chi connectivity index (χ1) is 10.3. The van der Waals surface area contributed by atoms with Gasteiger partial charge in [0.2, 0.25) is 5.91 Å². The fourth-order valence-electron chi connectivity index (χ4n) is 2.32. The third-order valence-electron chi connectivity index (χ3n) is 3.49. The van der Waals surface area contributed by atoms with Gasteiger partial charge in [-0.05, 0) is 24.3 Å². The summed E-state index contributed by atoms with van der Waals surface area (Å²) >= 11 is 0. The Balaban J connectivity index is 0.00000264. The zero-order valence-electron chi connectivity index (χ0n) is 13.6. The van der Waals surface area contributed by atoms with E-state index in [1.54, 1.807) is 0 Å². The van der Waals surface area contributed by atoms with Gasteiger partial charge >= 0.3 is 31.0 Å². The molecule has 1 fully saturated rings. The van der Waals surface area contributed by atoms with E-state index in [2.05, 4.69) is 0 Å². The summed E-state index contributed by atoms with van der Waals surface area (Å²) in [5.41, 5.74) is -0.0511. The molecule has 9 heteroatoms. The maximum atomic E-state index is 12.5. The number of carbonyl (C=O) groups excluding carboxylic acids is 1. The van der Waals surface area contributed by atoms with Gasteiger partial charge in [-0.1, -0.05) is 0 Å². The molecule has 122 valence electrons. The monoisotopic (exact) mass is 324 g/mol. The largest absolute Gasteiger partial charge is 1.00 e. The second kappa shape index (κ2) is 7.75. The number of anilines is 1. The number of carboxylic acids is 1. The zero-order valence-corrected chi connectivity index (χ0v) is 12.6. The van der Waals surface area contributed by atoms with Crippen LogP contribution < -0.4 is 23.8 Å². The van der Waals surface area contributed by atoms with Crippen molar-refractivity contribution in [3.05, 3.63) is 29.8 Å². The van der Waals surface area contributed by atoms with Crippen LogP contribution in [0.15, 0.2) is 24.3 Å². The molecule has 0 radical (unpaired) electrons. The van der Waals surface area contributed by atoms with Crippen molar-refractivity contribution in [1.29, 1.82) is 0 Å². The second-order valence-corrected chi connectivity index (χ2v) is 4.98. The van der Waals surface area contributed by atoms with Crippen molar-refractivity contribution in [2.45, 2.75) is 12.6 Å². The van der Waals surface area contributed by atoms with Crippen LogP contribution in [0.25, 0.3) is 0 Å². The number of benzene rings is 1. The molecule has 5 nitrogen and oxygen atoms in total. The van der Waals surface area contributed by atoms with Gasteiger partial charge < -0.3 is 16.3 Å². The van der Waals surface area contributed by atoms with E-state index in [1.165, 1.54) is 17.0 Å². The van der Waals surface area contributed by atoms with Crippen LogP contribution in [-0.4, -0.2) is 48.1 Å².